The first-order valence-corrected chi connectivity index (χ1v) is 15.7. The fraction of sp³-hybridized carbons (Fsp3) is 0.947. The summed E-state index contributed by atoms with van der Waals surface area (Å²) in [5, 5.41) is 9.79. The third-order valence-corrected chi connectivity index (χ3v) is 15.3. The second kappa shape index (κ2) is 9.98. The molecule has 162 valence electrons. The van der Waals surface area contributed by atoms with Gasteiger partial charge in [-0.1, -0.05) is 41.5 Å². The third kappa shape index (κ3) is 8.33. The number of nitrogens with two attached hydrogens (primary N) is 1. The minimum absolute atomic E-state index is 0.0789. The maximum Gasteiger partial charge on any atom is 0.322 e. The predicted molar refractivity (Wildman–Crippen MR) is 118 cm³/mol. The molecular weight excluding hydrogens is 376 g/mol. The normalized spacial score (nSPS) is 15.3. The molecule has 0 aliphatic rings. The van der Waals surface area contributed by atoms with Crippen LogP contribution in [0.3, 0.4) is 0 Å². The molecule has 0 saturated heterocycles. The van der Waals surface area contributed by atoms with Gasteiger partial charge in [0.2, 0.25) is 0 Å². The Bertz CT molecular complexity index is 439. The molecule has 0 aromatic rings. The highest BCUT2D eigenvalue weighted by molar-refractivity contribution is 6.74. The summed E-state index contributed by atoms with van der Waals surface area (Å²) in [7, 11) is -3.72. The van der Waals surface area contributed by atoms with E-state index in [2.05, 4.69) is 67.7 Å². The van der Waals surface area contributed by atoms with Gasteiger partial charge in [-0.3, -0.25) is 9.69 Å². The van der Waals surface area contributed by atoms with Crippen LogP contribution >= 0.6 is 0 Å². The smallest absolute Gasteiger partial charge is 0.322 e. The molecule has 1 atom stereocenters. The van der Waals surface area contributed by atoms with Crippen LogP contribution in [0.4, 0.5) is 0 Å². The Balaban J connectivity index is 4.94. The van der Waals surface area contributed by atoms with Crippen LogP contribution in [-0.2, 0) is 13.6 Å². The third-order valence-electron chi connectivity index (χ3n) is 6.24. The number of carboxylic acid groups (broad SMARTS) is 1. The summed E-state index contributed by atoms with van der Waals surface area (Å²) >= 11 is 0. The summed E-state index contributed by atoms with van der Waals surface area (Å²) in [6.07, 6.45) is 0. The Kier molecular flexibility index (Phi) is 9.88. The molecule has 0 amide bonds. The van der Waals surface area contributed by atoms with Gasteiger partial charge in [0, 0.05) is 32.8 Å². The Morgan fingerprint density at radius 3 is 1.48 bits per heavy atom. The zero-order valence-electron chi connectivity index (χ0n) is 19.3. The number of rotatable bonds is 11. The maximum atomic E-state index is 11.6. The van der Waals surface area contributed by atoms with E-state index >= 15 is 0 Å². The number of carbonyl (C=O) groups is 1. The van der Waals surface area contributed by atoms with Gasteiger partial charge < -0.3 is 19.7 Å². The number of nitrogens with zero attached hydrogens (tertiary/aromatic N) is 1. The van der Waals surface area contributed by atoms with Crippen LogP contribution in [0.1, 0.15) is 41.5 Å². The Morgan fingerprint density at radius 1 is 0.926 bits per heavy atom. The second-order valence-electron chi connectivity index (χ2n) is 10.3. The van der Waals surface area contributed by atoms with Crippen molar-refractivity contribution in [2.45, 2.75) is 83.8 Å². The summed E-state index contributed by atoms with van der Waals surface area (Å²) in [6, 6.07) is -0.712. The van der Waals surface area contributed by atoms with E-state index in [1.165, 1.54) is 0 Å². The van der Waals surface area contributed by atoms with Gasteiger partial charge in [-0.05, 0) is 36.3 Å². The summed E-state index contributed by atoms with van der Waals surface area (Å²) in [5.41, 5.74) is 5.74. The van der Waals surface area contributed by atoms with Crippen molar-refractivity contribution in [2.75, 3.05) is 32.8 Å². The van der Waals surface area contributed by atoms with Gasteiger partial charge in [-0.2, -0.15) is 0 Å². The molecule has 0 aliphatic heterocycles. The number of carboxylic acids is 1. The molecule has 0 aromatic carbocycles. The molecule has 1 unspecified atom stereocenters. The van der Waals surface area contributed by atoms with Crippen molar-refractivity contribution in [3.05, 3.63) is 0 Å². The first-order chi connectivity index (χ1) is 12.0. The monoisotopic (exact) mass is 420 g/mol. The van der Waals surface area contributed by atoms with Crippen LogP contribution in [0.5, 0.6) is 0 Å². The van der Waals surface area contributed by atoms with E-state index in [1.54, 1.807) is 0 Å². The molecule has 3 N–H and O–H groups in total. The summed E-state index contributed by atoms with van der Waals surface area (Å²) < 4.78 is 12.5. The Hall–Kier alpha value is -0.256. The molecule has 0 heterocycles. The fourth-order valence-electron chi connectivity index (χ4n) is 2.10. The molecule has 0 saturated carbocycles. The van der Waals surface area contributed by atoms with Crippen LogP contribution in [0, 0.1) is 0 Å². The Morgan fingerprint density at radius 2 is 1.26 bits per heavy atom. The maximum absolute atomic E-state index is 11.6. The lowest BCUT2D eigenvalue weighted by Gasteiger charge is -2.38. The van der Waals surface area contributed by atoms with Crippen molar-refractivity contribution >= 4 is 22.6 Å². The summed E-state index contributed by atoms with van der Waals surface area (Å²) in [6.45, 7) is 24.2. The number of hydrogen-bond donors (Lipinski definition) is 2. The SMILES string of the molecule is CC(C)(C)[Si](C)(C)OCCN(CCO[Si](C)(C)C(C)(C)C)C(CN)C(=O)O. The van der Waals surface area contributed by atoms with Crippen molar-refractivity contribution in [2.24, 2.45) is 5.73 Å². The topological polar surface area (TPSA) is 85.0 Å². The zero-order valence-corrected chi connectivity index (χ0v) is 21.3. The number of hydrogen-bond acceptors (Lipinski definition) is 5. The highest BCUT2D eigenvalue weighted by atomic mass is 28.4. The van der Waals surface area contributed by atoms with E-state index in [-0.39, 0.29) is 16.6 Å². The lowest BCUT2D eigenvalue weighted by Crippen LogP contribution is -2.51. The van der Waals surface area contributed by atoms with Crippen molar-refractivity contribution in [1.82, 2.24) is 4.90 Å². The number of aliphatic carboxylic acids is 1. The van der Waals surface area contributed by atoms with E-state index in [1.807, 2.05) is 4.90 Å². The minimum Gasteiger partial charge on any atom is -0.480 e. The first-order valence-electron chi connectivity index (χ1n) is 9.91. The quantitative estimate of drug-likeness (QED) is 0.495. The lowest BCUT2D eigenvalue weighted by molar-refractivity contribution is -0.143. The molecule has 0 bridgehead atoms. The average molecular weight is 421 g/mol. The average Bonchev–Trinajstić information content (AvgIpc) is 2.44. The van der Waals surface area contributed by atoms with Crippen molar-refractivity contribution in [3.8, 4) is 0 Å². The van der Waals surface area contributed by atoms with Gasteiger partial charge in [0.1, 0.15) is 6.04 Å². The molecule has 0 aliphatic carbocycles. The molecule has 0 spiro atoms. The van der Waals surface area contributed by atoms with E-state index in [4.69, 9.17) is 14.6 Å². The van der Waals surface area contributed by atoms with Crippen LogP contribution in [0.15, 0.2) is 0 Å². The van der Waals surface area contributed by atoms with E-state index < -0.39 is 28.6 Å². The van der Waals surface area contributed by atoms with Gasteiger partial charge in [0.05, 0.1) is 0 Å². The molecule has 8 heteroatoms. The zero-order chi connectivity index (χ0) is 21.7. The minimum atomic E-state index is -1.86. The second-order valence-corrected chi connectivity index (χ2v) is 20.0. The van der Waals surface area contributed by atoms with Crippen molar-refractivity contribution in [3.63, 3.8) is 0 Å². The van der Waals surface area contributed by atoms with Gasteiger partial charge in [0.15, 0.2) is 16.6 Å². The molecule has 27 heavy (non-hydrogen) atoms. The van der Waals surface area contributed by atoms with Gasteiger partial charge in [-0.15, -0.1) is 0 Å². The standard InChI is InChI=1S/C19H44N2O4Si2/c1-18(2,3)26(7,8)24-13-11-21(16(15-20)17(22)23)12-14-25-27(9,10)19(4,5)6/h16H,11-15,20H2,1-10H3,(H,22,23). The molecule has 0 radical (unpaired) electrons. The molecular formula is C19H44N2O4Si2. The van der Waals surface area contributed by atoms with E-state index in [0.717, 1.165) is 0 Å². The first kappa shape index (κ1) is 26.7. The molecule has 0 rings (SSSR count). The molecule has 0 aromatic heterocycles. The molecule has 6 nitrogen and oxygen atoms in total. The largest absolute Gasteiger partial charge is 0.480 e. The highest BCUT2D eigenvalue weighted by Gasteiger charge is 2.38. The molecule has 0 fully saturated rings. The summed E-state index contributed by atoms with van der Waals surface area (Å²) in [4.78, 5) is 13.5. The Labute approximate surface area is 169 Å². The van der Waals surface area contributed by atoms with Gasteiger partial charge in [0.25, 0.3) is 0 Å². The summed E-state index contributed by atoms with van der Waals surface area (Å²) in [5.74, 6) is -0.892. The van der Waals surface area contributed by atoms with E-state index in [0.29, 0.717) is 26.3 Å². The van der Waals surface area contributed by atoms with E-state index in [9.17, 15) is 9.90 Å². The van der Waals surface area contributed by atoms with Crippen LogP contribution in [0.2, 0.25) is 36.3 Å². The fourth-order valence-corrected chi connectivity index (χ4v) is 4.17. The van der Waals surface area contributed by atoms with Crippen LogP contribution in [0.25, 0.3) is 0 Å². The van der Waals surface area contributed by atoms with Crippen LogP contribution < -0.4 is 5.73 Å². The van der Waals surface area contributed by atoms with Crippen LogP contribution in [-0.4, -0.2) is 71.5 Å². The van der Waals surface area contributed by atoms with Gasteiger partial charge >= 0.3 is 5.97 Å². The highest BCUT2D eigenvalue weighted by Crippen LogP contribution is 2.37. The lowest BCUT2D eigenvalue weighted by atomic mass is 10.2. The predicted octanol–water partition coefficient (Wildman–Crippen LogP) is 3.74. The van der Waals surface area contributed by atoms with Crippen molar-refractivity contribution < 1.29 is 18.8 Å². The van der Waals surface area contributed by atoms with Gasteiger partial charge in [-0.25, -0.2) is 0 Å². The van der Waals surface area contributed by atoms with Crippen molar-refractivity contribution in [1.29, 1.82) is 0 Å².